The molecule has 222 valence electrons. The van der Waals surface area contributed by atoms with E-state index in [-0.39, 0.29) is 24.4 Å². The van der Waals surface area contributed by atoms with Gasteiger partial charge in [-0.05, 0) is 57.9 Å². The highest BCUT2D eigenvalue weighted by Crippen LogP contribution is 2.33. The molecular weight excluding hydrogens is 558 g/mol. The van der Waals surface area contributed by atoms with E-state index in [1.165, 1.54) is 4.90 Å². The van der Waals surface area contributed by atoms with Crippen LogP contribution in [0.4, 0.5) is 31.1 Å². The molecule has 0 unspecified atom stereocenters. The van der Waals surface area contributed by atoms with Gasteiger partial charge in [0, 0.05) is 18.2 Å². The van der Waals surface area contributed by atoms with Gasteiger partial charge < -0.3 is 23.9 Å². The van der Waals surface area contributed by atoms with Crippen LogP contribution < -0.4 is 14.8 Å². The first-order chi connectivity index (χ1) is 18.5. The SMILES string of the molecule is CC(C)(C)OC(=O)N1C[C@@H](NC(=O)c2ccc(OC(F)(F)F)cc2)CC[C@@H]1c1nnc(OCCOC(F)(F)F)o1. The number of rotatable bonds is 8. The maximum absolute atomic E-state index is 13.0. The molecule has 17 heteroatoms. The zero-order valence-corrected chi connectivity index (χ0v) is 21.5. The Balaban J connectivity index is 1.67. The van der Waals surface area contributed by atoms with E-state index >= 15 is 0 Å². The zero-order chi connectivity index (χ0) is 29.7. The number of halogens is 6. The van der Waals surface area contributed by atoms with Crippen molar-refractivity contribution in [2.75, 3.05) is 19.8 Å². The van der Waals surface area contributed by atoms with Crippen LogP contribution in [0.15, 0.2) is 28.7 Å². The molecule has 2 atom stereocenters. The lowest BCUT2D eigenvalue weighted by molar-refractivity contribution is -0.325. The number of alkyl halides is 6. The molecule has 2 aromatic rings. The van der Waals surface area contributed by atoms with E-state index in [2.05, 4.69) is 25.0 Å². The molecule has 1 fully saturated rings. The molecule has 1 aromatic heterocycles. The average Bonchev–Trinajstić information content (AvgIpc) is 3.28. The third-order valence-electron chi connectivity index (χ3n) is 5.18. The number of nitrogens with zero attached hydrogens (tertiary/aromatic N) is 3. The van der Waals surface area contributed by atoms with E-state index in [0.29, 0.717) is 6.42 Å². The number of carbonyl (C=O) groups is 2. The van der Waals surface area contributed by atoms with Gasteiger partial charge in [0.15, 0.2) is 0 Å². The summed E-state index contributed by atoms with van der Waals surface area (Å²) in [7, 11) is 0. The molecule has 1 aromatic carbocycles. The fourth-order valence-electron chi connectivity index (χ4n) is 3.64. The van der Waals surface area contributed by atoms with E-state index in [0.717, 1.165) is 24.3 Å². The molecule has 0 spiro atoms. The summed E-state index contributed by atoms with van der Waals surface area (Å²) >= 11 is 0. The van der Waals surface area contributed by atoms with Crippen molar-refractivity contribution in [1.82, 2.24) is 20.4 Å². The molecule has 2 amide bonds. The van der Waals surface area contributed by atoms with Crippen molar-refractivity contribution in [1.29, 1.82) is 0 Å². The minimum Gasteiger partial charge on any atom is -0.447 e. The Bertz CT molecular complexity index is 1150. The van der Waals surface area contributed by atoms with Crippen LogP contribution in [0.1, 0.15) is 55.9 Å². The number of hydrogen-bond acceptors (Lipinski definition) is 9. The Labute approximate surface area is 223 Å². The van der Waals surface area contributed by atoms with E-state index in [9.17, 15) is 35.9 Å². The highest BCUT2D eigenvalue weighted by Gasteiger charge is 2.39. The number of aromatic nitrogens is 2. The minimum atomic E-state index is -4.87. The van der Waals surface area contributed by atoms with E-state index < -0.39 is 67.4 Å². The van der Waals surface area contributed by atoms with Gasteiger partial charge in [-0.25, -0.2) is 4.79 Å². The highest BCUT2D eigenvalue weighted by atomic mass is 19.4. The first-order valence-electron chi connectivity index (χ1n) is 11.8. The maximum Gasteiger partial charge on any atom is 0.573 e. The normalized spacial score (nSPS) is 18.3. The number of hydrogen-bond donors (Lipinski definition) is 1. The van der Waals surface area contributed by atoms with E-state index in [1.54, 1.807) is 20.8 Å². The van der Waals surface area contributed by atoms with Crippen LogP contribution in [0, 0.1) is 0 Å². The summed E-state index contributed by atoms with van der Waals surface area (Å²) < 4.78 is 96.6. The van der Waals surface area contributed by atoms with Crippen molar-refractivity contribution in [3.05, 3.63) is 35.7 Å². The molecule has 0 saturated carbocycles. The Hall–Kier alpha value is -3.76. The molecule has 1 saturated heterocycles. The molecule has 0 bridgehead atoms. The molecule has 1 N–H and O–H groups in total. The third-order valence-corrected chi connectivity index (χ3v) is 5.18. The number of piperidine rings is 1. The van der Waals surface area contributed by atoms with Gasteiger partial charge in [-0.15, -0.1) is 31.4 Å². The number of carbonyl (C=O) groups excluding carboxylic acids is 2. The second kappa shape index (κ2) is 12.2. The van der Waals surface area contributed by atoms with Crippen molar-refractivity contribution < 1.29 is 59.3 Å². The Morgan fingerprint density at radius 1 is 1.00 bits per heavy atom. The zero-order valence-electron chi connectivity index (χ0n) is 21.5. The Morgan fingerprint density at radius 2 is 1.68 bits per heavy atom. The first-order valence-corrected chi connectivity index (χ1v) is 11.8. The van der Waals surface area contributed by atoms with Gasteiger partial charge in [-0.2, -0.15) is 0 Å². The number of likely N-dealkylation sites (tertiary alicyclic amines) is 1. The van der Waals surface area contributed by atoms with Gasteiger partial charge in [0.25, 0.3) is 5.91 Å². The lowest BCUT2D eigenvalue weighted by Gasteiger charge is -2.38. The molecule has 1 aliphatic heterocycles. The monoisotopic (exact) mass is 584 g/mol. The molecule has 0 aliphatic carbocycles. The fraction of sp³-hybridized carbons (Fsp3) is 0.565. The minimum absolute atomic E-state index is 0.0570. The summed E-state index contributed by atoms with van der Waals surface area (Å²) in [6.07, 6.45) is -10.4. The first kappa shape index (κ1) is 30.8. The molecule has 1 aliphatic rings. The van der Waals surface area contributed by atoms with Crippen LogP contribution in [0.3, 0.4) is 0 Å². The molecular formula is C23H26F6N4O7. The van der Waals surface area contributed by atoms with Crippen molar-refractivity contribution in [3.8, 4) is 11.8 Å². The summed E-state index contributed by atoms with van der Waals surface area (Å²) in [6.45, 7) is 3.55. The molecule has 11 nitrogen and oxygen atoms in total. The van der Waals surface area contributed by atoms with Crippen molar-refractivity contribution in [3.63, 3.8) is 0 Å². The van der Waals surface area contributed by atoms with E-state index in [1.807, 2.05) is 0 Å². The van der Waals surface area contributed by atoms with Crippen molar-refractivity contribution in [2.24, 2.45) is 0 Å². The largest absolute Gasteiger partial charge is 0.573 e. The number of amides is 2. The Kier molecular flexibility index (Phi) is 9.37. The van der Waals surface area contributed by atoms with E-state index in [4.69, 9.17) is 13.9 Å². The van der Waals surface area contributed by atoms with Gasteiger partial charge in [0.1, 0.15) is 24.0 Å². The summed E-state index contributed by atoms with van der Waals surface area (Å²) in [4.78, 5) is 27.0. The lowest BCUT2D eigenvalue weighted by atomic mass is 9.98. The van der Waals surface area contributed by atoms with Gasteiger partial charge in [0.2, 0.25) is 5.89 Å². The van der Waals surface area contributed by atoms with Gasteiger partial charge in [-0.3, -0.25) is 14.4 Å². The van der Waals surface area contributed by atoms with Gasteiger partial charge in [-0.1, -0.05) is 5.10 Å². The van der Waals surface area contributed by atoms with Crippen molar-refractivity contribution >= 4 is 12.0 Å². The predicted octanol–water partition coefficient (Wildman–Crippen LogP) is 4.75. The van der Waals surface area contributed by atoms with Crippen LogP contribution >= 0.6 is 0 Å². The Morgan fingerprint density at radius 3 is 2.27 bits per heavy atom. The topological polar surface area (TPSA) is 125 Å². The number of benzene rings is 1. The molecule has 40 heavy (non-hydrogen) atoms. The van der Waals surface area contributed by atoms with Crippen LogP contribution in [-0.2, 0) is 9.47 Å². The second-order valence-electron chi connectivity index (χ2n) is 9.52. The fourth-order valence-corrected chi connectivity index (χ4v) is 3.64. The number of nitrogens with one attached hydrogen (secondary N) is 1. The summed E-state index contributed by atoms with van der Waals surface area (Å²) in [5, 5.41) is 10.2. The second-order valence-corrected chi connectivity index (χ2v) is 9.52. The predicted molar refractivity (Wildman–Crippen MR) is 121 cm³/mol. The highest BCUT2D eigenvalue weighted by molar-refractivity contribution is 5.94. The van der Waals surface area contributed by atoms with Crippen LogP contribution in [0.25, 0.3) is 0 Å². The van der Waals surface area contributed by atoms with Crippen LogP contribution in [0.5, 0.6) is 11.8 Å². The van der Waals surface area contributed by atoms with Crippen molar-refractivity contribution in [2.45, 2.75) is 64.0 Å². The van der Waals surface area contributed by atoms with Gasteiger partial charge >= 0.3 is 24.9 Å². The van der Waals surface area contributed by atoms with Crippen LogP contribution in [-0.4, -0.2) is 71.2 Å². The van der Waals surface area contributed by atoms with Gasteiger partial charge in [0.05, 0.1) is 6.61 Å². The summed E-state index contributed by atoms with van der Waals surface area (Å²) in [5.74, 6) is -1.15. The smallest absolute Gasteiger partial charge is 0.447 e. The quantitative estimate of drug-likeness (QED) is 0.346. The lowest BCUT2D eigenvalue weighted by Crippen LogP contribution is -2.52. The molecule has 3 rings (SSSR count). The van der Waals surface area contributed by atoms with Crippen LogP contribution in [0.2, 0.25) is 0 Å². The molecule has 0 radical (unpaired) electrons. The molecule has 2 heterocycles. The standard InChI is InChI=1S/C23H26F6N4O7/c1-21(2,3)40-20(35)33-12-14(30-17(34)13-4-7-15(8-5-13)39-23(27,28)29)6-9-16(33)18-31-32-19(38-18)36-10-11-37-22(24,25)26/h4-5,7-8,14,16H,6,9-12H2,1-3H3,(H,30,34)/t14-,16+/m0/s1. The average molecular weight is 584 g/mol. The maximum atomic E-state index is 13.0. The summed E-state index contributed by atoms with van der Waals surface area (Å²) in [6, 6.07) is 2.92. The summed E-state index contributed by atoms with van der Waals surface area (Å²) in [5.41, 5.74) is -0.812. The third kappa shape index (κ3) is 9.77. The number of ether oxygens (including phenoxy) is 4.